The summed E-state index contributed by atoms with van der Waals surface area (Å²) in [5.41, 5.74) is 0.659. The lowest BCUT2D eigenvalue weighted by molar-refractivity contribution is -0.384. The number of halogens is 1. The zero-order valence-electron chi connectivity index (χ0n) is 10.00. The quantitative estimate of drug-likeness (QED) is 0.686. The fraction of sp³-hybridized carbons (Fsp3) is 0.182. The molecule has 0 aromatic carbocycles. The predicted molar refractivity (Wildman–Crippen MR) is 72.7 cm³/mol. The number of pyridine rings is 1. The Balaban J connectivity index is 2.17. The van der Waals surface area contributed by atoms with Gasteiger partial charge in [-0.15, -0.1) is 0 Å². The van der Waals surface area contributed by atoms with E-state index in [1.54, 1.807) is 19.2 Å². The van der Waals surface area contributed by atoms with Gasteiger partial charge in [-0.3, -0.25) is 10.1 Å². The van der Waals surface area contributed by atoms with Crippen molar-refractivity contribution in [3.63, 3.8) is 0 Å². The molecule has 2 aromatic heterocycles. The van der Waals surface area contributed by atoms with Gasteiger partial charge in [0.25, 0.3) is 0 Å². The van der Waals surface area contributed by atoms with Crippen LogP contribution in [0.1, 0.15) is 11.5 Å². The van der Waals surface area contributed by atoms with Crippen LogP contribution in [0.5, 0.6) is 0 Å². The molecular formula is C11H10BrN5O2. The molecule has 7 nitrogen and oxygen atoms in total. The molecule has 0 radical (unpaired) electrons. The van der Waals surface area contributed by atoms with Gasteiger partial charge in [0.1, 0.15) is 5.82 Å². The van der Waals surface area contributed by atoms with Gasteiger partial charge in [-0.2, -0.15) is 0 Å². The fourth-order valence-corrected chi connectivity index (χ4v) is 1.80. The number of rotatable bonds is 4. The second kappa shape index (κ2) is 5.70. The van der Waals surface area contributed by atoms with Crippen molar-refractivity contribution in [3.8, 4) is 0 Å². The minimum Gasteiger partial charge on any atom is -0.359 e. The third kappa shape index (κ3) is 3.44. The molecule has 0 spiro atoms. The molecule has 2 aromatic rings. The molecule has 0 bridgehead atoms. The minimum atomic E-state index is -0.481. The predicted octanol–water partition coefficient (Wildman–Crippen LogP) is 2.46. The van der Waals surface area contributed by atoms with Crippen molar-refractivity contribution in [2.75, 3.05) is 5.32 Å². The Morgan fingerprint density at radius 3 is 2.95 bits per heavy atom. The maximum atomic E-state index is 10.9. The van der Waals surface area contributed by atoms with Gasteiger partial charge in [0.05, 0.1) is 17.2 Å². The van der Waals surface area contributed by atoms with E-state index in [1.165, 1.54) is 12.3 Å². The number of aryl methyl sites for hydroxylation is 1. The molecule has 0 atom stereocenters. The van der Waals surface area contributed by atoms with Gasteiger partial charge in [0.2, 0.25) is 5.82 Å². The Labute approximate surface area is 117 Å². The van der Waals surface area contributed by atoms with Crippen LogP contribution >= 0.6 is 15.9 Å². The molecule has 0 unspecified atom stereocenters. The zero-order chi connectivity index (χ0) is 13.8. The second-order valence-electron chi connectivity index (χ2n) is 3.73. The summed E-state index contributed by atoms with van der Waals surface area (Å²) < 4.78 is 0.558. The Kier molecular flexibility index (Phi) is 4.00. The molecule has 1 N–H and O–H groups in total. The first-order valence-corrected chi connectivity index (χ1v) is 6.18. The second-order valence-corrected chi connectivity index (χ2v) is 4.64. The summed E-state index contributed by atoms with van der Waals surface area (Å²) in [7, 11) is 0. The number of nitrogens with zero attached hydrogens (tertiary/aromatic N) is 4. The third-order valence-electron chi connectivity index (χ3n) is 2.30. The van der Waals surface area contributed by atoms with Gasteiger partial charge >= 0.3 is 5.69 Å². The lowest BCUT2D eigenvalue weighted by Crippen LogP contribution is -2.06. The molecule has 0 saturated carbocycles. The van der Waals surface area contributed by atoms with Crippen LogP contribution in [0.2, 0.25) is 0 Å². The highest BCUT2D eigenvalue weighted by molar-refractivity contribution is 9.10. The lowest BCUT2D eigenvalue weighted by Gasteiger charge is -2.06. The summed E-state index contributed by atoms with van der Waals surface area (Å²) in [4.78, 5) is 22.6. The first kappa shape index (κ1) is 13.3. The molecular weight excluding hydrogens is 314 g/mol. The maximum absolute atomic E-state index is 10.9. The average molecular weight is 324 g/mol. The van der Waals surface area contributed by atoms with E-state index in [0.29, 0.717) is 16.8 Å². The number of anilines is 1. The topological polar surface area (TPSA) is 93.8 Å². The monoisotopic (exact) mass is 323 g/mol. The van der Waals surface area contributed by atoms with Gasteiger partial charge in [-0.25, -0.2) is 15.0 Å². The maximum Gasteiger partial charge on any atom is 0.312 e. The van der Waals surface area contributed by atoms with Crippen molar-refractivity contribution < 1.29 is 4.92 Å². The van der Waals surface area contributed by atoms with E-state index in [-0.39, 0.29) is 11.5 Å². The fourth-order valence-electron chi connectivity index (χ4n) is 1.48. The van der Waals surface area contributed by atoms with Gasteiger partial charge < -0.3 is 5.32 Å². The van der Waals surface area contributed by atoms with Crippen LogP contribution < -0.4 is 5.32 Å². The Hall–Kier alpha value is -2.09. The van der Waals surface area contributed by atoms with Crippen LogP contribution in [0.4, 0.5) is 11.5 Å². The van der Waals surface area contributed by atoms with Crippen LogP contribution in [-0.4, -0.2) is 19.9 Å². The summed E-state index contributed by atoms with van der Waals surface area (Å²) in [6.45, 7) is 2.13. The number of aromatic nitrogens is 3. The smallest absolute Gasteiger partial charge is 0.312 e. The molecule has 0 saturated heterocycles. The van der Waals surface area contributed by atoms with E-state index in [1.807, 2.05) is 0 Å². The highest BCUT2D eigenvalue weighted by Gasteiger charge is 2.15. The summed E-state index contributed by atoms with van der Waals surface area (Å²) in [6.07, 6.45) is 3.14. The summed E-state index contributed by atoms with van der Waals surface area (Å²) in [5, 5.41) is 13.8. The highest BCUT2D eigenvalue weighted by atomic mass is 79.9. The van der Waals surface area contributed by atoms with Crippen LogP contribution in [0.3, 0.4) is 0 Å². The van der Waals surface area contributed by atoms with E-state index in [9.17, 15) is 10.1 Å². The van der Waals surface area contributed by atoms with Gasteiger partial charge in [0, 0.05) is 22.9 Å². The number of hydrogen-bond donors (Lipinski definition) is 1. The summed E-state index contributed by atoms with van der Waals surface area (Å²) in [5.74, 6) is 0.863. The number of nitrogens with one attached hydrogen (secondary N) is 1. The number of hydrogen-bond acceptors (Lipinski definition) is 6. The molecule has 2 heterocycles. The van der Waals surface area contributed by atoms with E-state index in [4.69, 9.17) is 0 Å². The highest BCUT2D eigenvalue weighted by Crippen LogP contribution is 2.25. The third-order valence-corrected chi connectivity index (χ3v) is 2.74. The Bertz CT molecular complexity index is 620. The molecule has 0 aliphatic heterocycles. The summed E-state index contributed by atoms with van der Waals surface area (Å²) in [6, 6.07) is 3.14. The molecule has 0 aliphatic carbocycles. The Morgan fingerprint density at radius 1 is 1.47 bits per heavy atom. The molecule has 0 aliphatic rings. The number of nitro groups is 1. The summed E-state index contributed by atoms with van der Waals surface area (Å²) >= 11 is 3.15. The molecule has 0 fully saturated rings. The van der Waals surface area contributed by atoms with Crippen molar-refractivity contribution in [2.45, 2.75) is 13.5 Å². The Morgan fingerprint density at radius 2 is 2.26 bits per heavy atom. The van der Waals surface area contributed by atoms with Crippen molar-refractivity contribution in [1.82, 2.24) is 15.0 Å². The van der Waals surface area contributed by atoms with E-state index >= 15 is 0 Å². The van der Waals surface area contributed by atoms with Crippen LogP contribution in [0.25, 0.3) is 0 Å². The zero-order valence-corrected chi connectivity index (χ0v) is 11.6. The first-order chi connectivity index (χ1) is 9.06. The van der Waals surface area contributed by atoms with Crippen LogP contribution in [0, 0.1) is 17.0 Å². The van der Waals surface area contributed by atoms with Crippen molar-refractivity contribution in [1.29, 1.82) is 0 Å². The lowest BCUT2D eigenvalue weighted by atomic mass is 10.3. The van der Waals surface area contributed by atoms with Gasteiger partial charge in [-0.05, 0) is 28.9 Å². The standard InChI is InChI=1S/C11H10BrN5O2/c1-7-13-3-2-9(16-7)6-15-11-10(17(18)19)4-8(12)5-14-11/h2-5H,6H2,1H3,(H,14,15). The van der Waals surface area contributed by atoms with Crippen molar-refractivity contribution in [2.24, 2.45) is 0 Å². The van der Waals surface area contributed by atoms with Crippen molar-refractivity contribution >= 4 is 27.4 Å². The molecule has 19 heavy (non-hydrogen) atoms. The van der Waals surface area contributed by atoms with Gasteiger partial charge in [-0.1, -0.05) is 0 Å². The van der Waals surface area contributed by atoms with Crippen LogP contribution in [-0.2, 0) is 6.54 Å². The largest absolute Gasteiger partial charge is 0.359 e. The molecule has 98 valence electrons. The first-order valence-electron chi connectivity index (χ1n) is 5.38. The molecule has 0 amide bonds. The normalized spacial score (nSPS) is 10.2. The van der Waals surface area contributed by atoms with Crippen LogP contribution in [0.15, 0.2) is 29.0 Å². The van der Waals surface area contributed by atoms with E-state index in [2.05, 4.69) is 36.2 Å². The van der Waals surface area contributed by atoms with Gasteiger partial charge in [0.15, 0.2) is 0 Å². The average Bonchev–Trinajstić information content (AvgIpc) is 2.37. The SMILES string of the molecule is Cc1nccc(CNc2ncc(Br)cc2[N+](=O)[O-])n1. The van der Waals surface area contributed by atoms with E-state index in [0.717, 1.165) is 5.69 Å². The van der Waals surface area contributed by atoms with Crippen molar-refractivity contribution in [3.05, 3.63) is 50.6 Å². The molecule has 2 rings (SSSR count). The van der Waals surface area contributed by atoms with E-state index < -0.39 is 4.92 Å². The minimum absolute atomic E-state index is 0.0832. The molecule has 8 heteroatoms.